The summed E-state index contributed by atoms with van der Waals surface area (Å²) in [6.07, 6.45) is 6.66. The van der Waals surface area contributed by atoms with Crippen molar-refractivity contribution in [2.45, 2.75) is 64.6 Å². The van der Waals surface area contributed by atoms with Crippen LogP contribution in [0.15, 0.2) is 12.2 Å². The van der Waals surface area contributed by atoms with Crippen LogP contribution in [0.2, 0.25) is 0 Å². The average molecular weight is 381 g/mol. The number of carbonyl (C=O) groups excluding carboxylic acids is 3. The third-order valence-corrected chi connectivity index (χ3v) is 5.00. The van der Waals surface area contributed by atoms with Gasteiger partial charge in [0.05, 0.1) is 5.92 Å². The second-order valence-corrected chi connectivity index (χ2v) is 7.52. The van der Waals surface area contributed by atoms with Gasteiger partial charge in [0.25, 0.3) is 0 Å². The molecule has 1 saturated heterocycles. The average Bonchev–Trinajstić information content (AvgIpc) is 3.13. The van der Waals surface area contributed by atoms with Crippen LogP contribution < -0.4 is 10.6 Å². The Hall–Kier alpha value is -1.89. The molecule has 1 heterocycles. The standard InChI is InChI=1S/C20H36N4O3/c1-7-9-16(20(27)23(5)6)22-18(25)17-10-8-13-24(17)19(26)14(2)11-12-15(3)21-4/h11-12,14-17,21H,7-10,13H2,1-6H3,(H,22,25)/b12-11+/t14-,15-,16?,17?/m0/s1. The highest BCUT2D eigenvalue weighted by Gasteiger charge is 2.36. The first-order valence-corrected chi connectivity index (χ1v) is 9.90. The van der Waals surface area contributed by atoms with Crippen LogP contribution in [0.1, 0.15) is 46.5 Å². The fraction of sp³-hybridized carbons (Fsp3) is 0.750. The van der Waals surface area contributed by atoms with E-state index in [0.717, 1.165) is 12.8 Å². The molecular formula is C20H36N4O3. The summed E-state index contributed by atoms with van der Waals surface area (Å²) in [5.41, 5.74) is 0. The molecule has 154 valence electrons. The molecule has 7 heteroatoms. The number of hydrogen-bond acceptors (Lipinski definition) is 4. The van der Waals surface area contributed by atoms with Crippen LogP contribution >= 0.6 is 0 Å². The van der Waals surface area contributed by atoms with Gasteiger partial charge in [-0.15, -0.1) is 0 Å². The van der Waals surface area contributed by atoms with Gasteiger partial charge in [0.15, 0.2) is 0 Å². The van der Waals surface area contributed by atoms with Crippen molar-refractivity contribution in [3.05, 3.63) is 12.2 Å². The number of nitrogens with one attached hydrogen (secondary N) is 2. The Labute approximate surface area is 163 Å². The molecule has 1 aliphatic rings. The van der Waals surface area contributed by atoms with E-state index >= 15 is 0 Å². The first kappa shape index (κ1) is 23.1. The summed E-state index contributed by atoms with van der Waals surface area (Å²) in [5, 5.41) is 5.97. The highest BCUT2D eigenvalue weighted by atomic mass is 16.2. The van der Waals surface area contributed by atoms with Gasteiger partial charge in [-0.05, 0) is 33.2 Å². The van der Waals surface area contributed by atoms with E-state index in [1.807, 2.05) is 40.0 Å². The lowest BCUT2D eigenvalue weighted by molar-refractivity contribution is -0.141. The smallest absolute Gasteiger partial charge is 0.244 e. The molecule has 0 aromatic heterocycles. The van der Waals surface area contributed by atoms with E-state index in [9.17, 15) is 14.4 Å². The van der Waals surface area contributed by atoms with Crippen LogP contribution in [0.4, 0.5) is 0 Å². The van der Waals surface area contributed by atoms with Gasteiger partial charge in [-0.1, -0.05) is 32.4 Å². The maximum Gasteiger partial charge on any atom is 0.244 e. The minimum absolute atomic E-state index is 0.0434. The Morgan fingerprint density at radius 2 is 1.89 bits per heavy atom. The number of likely N-dealkylation sites (N-methyl/N-ethyl adjacent to an activating group) is 2. The molecular weight excluding hydrogens is 344 g/mol. The second kappa shape index (κ2) is 11.1. The van der Waals surface area contributed by atoms with Gasteiger partial charge in [-0.25, -0.2) is 0 Å². The maximum atomic E-state index is 12.8. The van der Waals surface area contributed by atoms with Crippen molar-refractivity contribution in [1.29, 1.82) is 0 Å². The summed E-state index contributed by atoms with van der Waals surface area (Å²) in [6.45, 7) is 6.42. The van der Waals surface area contributed by atoms with Gasteiger partial charge in [0.2, 0.25) is 17.7 Å². The molecule has 0 aliphatic carbocycles. The molecule has 1 rings (SSSR count). The monoisotopic (exact) mass is 380 g/mol. The SMILES string of the molecule is CCCC(NC(=O)C1CCCN1C(=O)[C@@H](C)/C=C/[C@H](C)NC)C(=O)N(C)C. The minimum Gasteiger partial charge on any atom is -0.347 e. The molecule has 3 amide bonds. The van der Waals surface area contributed by atoms with Crippen molar-refractivity contribution in [2.24, 2.45) is 5.92 Å². The minimum atomic E-state index is -0.538. The summed E-state index contributed by atoms with van der Waals surface area (Å²) in [4.78, 5) is 41.1. The fourth-order valence-electron chi connectivity index (χ4n) is 3.20. The highest BCUT2D eigenvalue weighted by Crippen LogP contribution is 2.21. The Bertz CT molecular complexity index is 547. The molecule has 0 aromatic rings. The fourth-order valence-corrected chi connectivity index (χ4v) is 3.20. The van der Waals surface area contributed by atoms with Crippen LogP contribution in [-0.4, -0.2) is 73.3 Å². The van der Waals surface area contributed by atoms with E-state index in [2.05, 4.69) is 10.6 Å². The van der Waals surface area contributed by atoms with E-state index in [1.165, 1.54) is 4.90 Å². The summed E-state index contributed by atoms with van der Waals surface area (Å²) < 4.78 is 0. The van der Waals surface area contributed by atoms with Crippen molar-refractivity contribution in [2.75, 3.05) is 27.7 Å². The van der Waals surface area contributed by atoms with Gasteiger partial charge in [-0.3, -0.25) is 14.4 Å². The number of likely N-dealkylation sites (tertiary alicyclic amines) is 1. The van der Waals surface area contributed by atoms with Crippen LogP contribution in [0.5, 0.6) is 0 Å². The zero-order valence-electron chi connectivity index (χ0n) is 17.6. The Morgan fingerprint density at radius 1 is 1.22 bits per heavy atom. The molecule has 0 aromatic carbocycles. The van der Waals surface area contributed by atoms with Crippen molar-refractivity contribution in [3.63, 3.8) is 0 Å². The highest BCUT2D eigenvalue weighted by molar-refractivity contribution is 5.93. The molecule has 0 radical (unpaired) electrons. The van der Waals surface area contributed by atoms with Gasteiger partial charge < -0.3 is 20.4 Å². The Morgan fingerprint density at radius 3 is 2.44 bits per heavy atom. The number of carbonyl (C=O) groups is 3. The van der Waals surface area contributed by atoms with E-state index < -0.39 is 12.1 Å². The Kier molecular flexibility index (Phi) is 9.49. The van der Waals surface area contributed by atoms with Gasteiger partial charge in [0, 0.05) is 26.7 Å². The summed E-state index contributed by atoms with van der Waals surface area (Å²) in [5.74, 6) is -0.671. The quantitative estimate of drug-likeness (QED) is 0.588. The largest absolute Gasteiger partial charge is 0.347 e. The van der Waals surface area contributed by atoms with E-state index in [-0.39, 0.29) is 29.7 Å². The van der Waals surface area contributed by atoms with Gasteiger partial charge in [-0.2, -0.15) is 0 Å². The zero-order valence-corrected chi connectivity index (χ0v) is 17.6. The third-order valence-electron chi connectivity index (χ3n) is 5.00. The first-order valence-electron chi connectivity index (χ1n) is 9.90. The van der Waals surface area contributed by atoms with Crippen molar-refractivity contribution >= 4 is 17.7 Å². The predicted octanol–water partition coefficient (Wildman–Crippen LogP) is 1.15. The molecule has 1 aliphatic heterocycles. The molecule has 27 heavy (non-hydrogen) atoms. The van der Waals surface area contributed by atoms with Gasteiger partial charge >= 0.3 is 0 Å². The van der Waals surface area contributed by atoms with E-state index in [1.54, 1.807) is 19.0 Å². The predicted molar refractivity (Wildman–Crippen MR) is 107 cm³/mol. The second-order valence-electron chi connectivity index (χ2n) is 7.52. The lowest BCUT2D eigenvalue weighted by Gasteiger charge is -2.28. The zero-order chi connectivity index (χ0) is 20.6. The number of hydrogen-bond donors (Lipinski definition) is 2. The Balaban J connectivity index is 2.79. The summed E-state index contributed by atoms with van der Waals surface area (Å²) in [6, 6.07) is -0.849. The van der Waals surface area contributed by atoms with Gasteiger partial charge in [0.1, 0.15) is 12.1 Å². The molecule has 0 saturated carbocycles. The summed E-state index contributed by atoms with van der Waals surface area (Å²) in [7, 11) is 5.23. The van der Waals surface area contributed by atoms with Crippen molar-refractivity contribution in [1.82, 2.24) is 20.4 Å². The van der Waals surface area contributed by atoms with Crippen LogP contribution in [0.25, 0.3) is 0 Å². The summed E-state index contributed by atoms with van der Waals surface area (Å²) >= 11 is 0. The lowest BCUT2D eigenvalue weighted by Crippen LogP contribution is -2.53. The topological polar surface area (TPSA) is 81.8 Å². The van der Waals surface area contributed by atoms with Crippen LogP contribution in [-0.2, 0) is 14.4 Å². The lowest BCUT2D eigenvalue weighted by atomic mass is 10.1. The van der Waals surface area contributed by atoms with Crippen LogP contribution in [0, 0.1) is 5.92 Å². The number of nitrogens with zero attached hydrogens (tertiary/aromatic N) is 2. The molecule has 0 bridgehead atoms. The van der Waals surface area contributed by atoms with E-state index in [4.69, 9.17) is 0 Å². The van der Waals surface area contributed by atoms with E-state index in [0.29, 0.717) is 19.4 Å². The van der Waals surface area contributed by atoms with Crippen molar-refractivity contribution < 1.29 is 14.4 Å². The molecule has 2 N–H and O–H groups in total. The normalized spacial score (nSPS) is 20.4. The third kappa shape index (κ3) is 6.65. The van der Waals surface area contributed by atoms with Crippen LogP contribution in [0.3, 0.4) is 0 Å². The molecule has 7 nitrogen and oxygen atoms in total. The molecule has 4 atom stereocenters. The first-order chi connectivity index (χ1) is 12.7. The maximum absolute atomic E-state index is 12.8. The molecule has 0 spiro atoms. The van der Waals surface area contributed by atoms with Crippen molar-refractivity contribution in [3.8, 4) is 0 Å². The number of rotatable bonds is 9. The molecule has 1 fully saturated rings. The molecule has 2 unspecified atom stereocenters. The number of amides is 3.